The maximum atomic E-state index is 14.7. The average Bonchev–Trinajstić information content (AvgIpc) is 3.56. The van der Waals surface area contributed by atoms with E-state index in [0.29, 0.717) is 34.8 Å². The number of ether oxygens (including phenoxy) is 2. The Bertz CT molecular complexity index is 1070. The van der Waals surface area contributed by atoms with Crippen LogP contribution in [0.15, 0.2) is 47.6 Å². The lowest BCUT2D eigenvalue weighted by atomic mass is 9.97. The molecule has 8 heteroatoms. The number of halogens is 1. The first-order chi connectivity index (χ1) is 15.4. The van der Waals surface area contributed by atoms with Crippen LogP contribution in [0.25, 0.3) is 0 Å². The number of carbonyl (C=O) groups excluding carboxylic acids is 2. The van der Waals surface area contributed by atoms with Gasteiger partial charge in [0, 0.05) is 36.6 Å². The Labute approximate surface area is 186 Å². The molecule has 1 aliphatic heterocycles. The summed E-state index contributed by atoms with van der Waals surface area (Å²) in [6, 6.07) is 11.1. The molecule has 1 unspecified atom stereocenters. The molecule has 1 aliphatic carbocycles. The molecule has 2 amide bonds. The second-order valence-electron chi connectivity index (χ2n) is 8.06. The van der Waals surface area contributed by atoms with Crippen molar-refractivity contribution in [1.82, 2.24) is 9.91 Å². The number of hydrogen-bond donors (Lipinski definition) is 0. The van der Waals surface area contributed by atoms with Crippen LogP contribution in [-0.2, 0) is 9.59 Å². The highest BCUT2D eigenvalue weighted by atomic mass is 19.1. The number of benzene rings is 2. The van der Waals surface area contributed by atoms with Crippen LogP contribution in [0.5, 0.6) is 11.5 Å². The van der Waals surface area contributed by atoms with Gasteiger partial charge in [-0.2, -0.15) is 5.10 Å². The first-order valence-electron chi connectivity index (χ1n) is 10.5. The molecule has 4 rings (SSSR count). The zero-order chi connectivity index (χ0) is 22.8. The second-order valence-corrected chi connectivity index (χ2v) is 8.06. The van der Waals surface area contributed by atoms with E-state index in [-0.39, 0.29) is 24.3 Å². The van der Waals surface area contributed by atoms with Gasteiger partial charge >= 0.3 is 0 Å². The molecule has 1 heterocycles. The molecule has 0 saturated heterocycles. The Morgan fingerprint density at radius 2 is 1.91 bits per heavy atom. The van der Waals surface area contributed by atoms with Crippen LogP contribution in [-0.4, -0.2) is 55.2 Å². The molecule has 2 aromatic rings. The summed E-state index contributed by atoms with van der Waals surface area (Å²) >= 11 is 0. The number of rotatable bonds is 7. The molecule has 0 bridgehead atoms. The summed E-state index contributed by atoms with van der Waals surface area (Å²) in [4.78, 5) is 26.9. The lowest BCUT2D eigenvalue weighted by Gasteiger charge is -2.25. The van der Waals surface area contributed by atoms with Crippen LogP contribution >= 0.6 is 0 Å². The number of hydrogen-bond acceptors (Lipinski definition) is 5. The van der Waals surface area contributed by atoms with Crippen molar-refractivity contribution >= 4 is 17.5 Å². The molecule has 2 aromatic carbocycles. The maximum Gasteiger partial charge on any atom is 0.262 e. The zero-order valence-corrected chi connectivity index (χ0v) is 18.4. The predicted octanol–water partition coefficient (Wildman–Crippen LogP) is 3.39. The van der Waals surface area contributed by atoms with Gasteiger partial charge in [-0.05, 0) is 31.0 Å². The van der Waals surface area contributed by atoms with Crippen molar-refractivity contribution in [3.63, 3.8) is 0 Å². The lowest BCUT2D eigenvalue weighted by molar-refractivity contribution is -0.141. The predicted molar refractivity (Wildman–Crippen MR) is 117 cm³/mol. The number of likely N-dealkylation sites (N-methyl/N-ethyl adjacent to an activating group) is 1. The van der Waals surface area contributed by atoms with E-state index in [2.05, 4.69) is 5.10 Å². The van der Waals surface area contributed by atoms with E-state index in [9.17, 15) is 14.0 Å². The molecule has 2 aliphatic rings. The zero-order valence-electron chi connectivity index (χ0n) is 18.4. The van der Waals surface area contributed by atoms with E-state index in [1.807, 2.05) is 6.07 Å². The van der Waals surface area contributed by atoms with Gasteiger partial charge in [-0.15, -0.1) is 0 Å². The van der Waals surface area contributed by atoms with E-state index in [1.165, 1.54) is 16.0 Å². The molecule has 1 atom stereocenters. The molecule has 7 nitrogen and oxygen atoms in total. The Hall–Kier alpha value is -3.42. The van der Waals surface area contributed by atoms with Crippen LogP contribution < -0.4 is 9.47 Å². The van der Waals surface area contributed by atoms with Gasteiger partial charge in [0.2, 0.25) is 5.91 Å². The summed E-state index contributed by atoms with van der Waals surface area (Å²) in [6.07, 6.45) is 2.03. The summed E-state index contributed by atoms with van der Waals surface area (Å²) in [5.41, 5.74) is 1.68. The summed E-state index contributed by atoms with van der Waals surface area (Å²) in [5, 5.41) is 5.87. The van der Waals surface area contributed by atoms with Crippen molar-refractivity contribution in [2.24, 2.45) is 11.0 Å². The Balaban J connectivity index is 1.66. The number of methoxy groups -OCH3 is 2. The third-order valence-corrected chi connectivity index (χ3v) is 5.82. The minimum Gasteiger partial charge on any atom is -0.497 e. The lowest BCUT2D eigenvalue weighted by Crippen LogP contribution is -2.39. The number of carbonyl (C=O) groups is 2. The number of nitrogens with zero attached hydrogens (tertiary/aromatic N) is 3. The quantitative estimate of drug-likeness (QED) is 0.663. The summed E-state index contributed by atoms with van der Waals surface area (Å²) < 4.78 is 25.4. The average molecular weight is 439 g/mol. The normalized spacial score (nSPS) is 17.7. The molecule has 0 aromatic heterocycles. The third-order valence-electron chi connectivity index (χ3n) is 5.82. The first kappa shape index (κ1) is 21.8. The Kier molecular flexibility index (Phi) is 6.12. The minimum absolute atomic E-state index is 0.0105. The standard InChI is InChI=1S/C24H26FN3O4/c1-27(24(30)15-8-9-15)14-23(29)28-21(17-6-4-5-7-19(17)25)13-20(26-28)18-11-10-16(31-2)12-22(18)32-3/h4-7,10-12,15,21H,8-9,13-14H2,1-3H3. The fraction of sp³-hybridized carbons (Fsp3) is 0.375. The summed E-state index contributed by atoms with van der Waals surface area (Å²) in [6.45, 7) is -0.114. The monoisotopic (exact) mass is 439 g/mol. The molecule has 32 heavy (non-hydrogen) atoms. The highest BCUT2D eigenvalue weighted by Gasteiger charge is 2.38. The van der Waals surface area contributed by atoms with Crippen molar-refractivity contribution in [3.8, 4) is 11.5 Å². The molecule has 168 valence electrons. The van der Waals surface area contributed by atoms with Crippen molar-refractivity contribution < 1.29 is 23.5 Å². The Morgan fingerprint density at radius 1 is 1.16 bits per heavy atom. The number of amides is 2. The van der Waals surface area contributed by atoms with Crippen molar-refractivity contribution in [2.75, 3.05) is 27.8 Å². The fourth-order valence-electron chi connectivity index (χ4n) is 3.92. The maximum absolute atomic E-state index is 14.7. The molecule has 0 radical (unpaired) electrons. The highest BCUT2D eigenvalue weighted by Crippen LogP contribution is 2.37. The van der Waals surface area contributed by atoms with Gasteiger partial charge in [0.25, 0.3) is 5.91 Å². The van der Waals surface area contributed by atoms with Crippen LogP contribution in [0.4, 0.5) is 4.39 Å². The van der Waals surface area contributed by atoms with Crippen LogP contribution in [0, 0.1) is 11.7 Å². The molecular formula is C24H26FN3O4. The second kappa shape index (κ2) is 8.98. The van der Waals surface area contributed by atoms with Crippen LogP contribution in [0.1, 0.15) is 36.4 Å². The van der Waals surface area contributed by atoms with Gasteiger partial charge in [0.15, 0.2) is 0 Å². The van der Waals surface area contributed by atoms with Gasteiger partial charge in [-0.3, -0.25) is 9.59 Å². The smallest absolute Gasteiger partial charge is 0.262 e. The van der Waals surface area contributed by atoms with Gasteiger partial charge in [-0.1, -0.05) is 18.2 Å². The third kappa shape index (κ3) is 4.30. The van der Waals surface area contributed by atoms with E-state index >= 15 is 0 Å². The SMILES string of the molecule is COc1ccc(C2=NN(C(=O)CN(C)C(=O)C3CC3)C(c3ccccc3F)C2)c(OC)c1. The summed E-state index contributed by atoms with van der Waals surface area (Å²) in [7, 11) is 4.73. The minimum atomic E-state index is -0.616. The number of hydrazone groups is 1. The van der Waals surface area contributed by atoms with Crippen LogP contribution in [0.2, 0.25) is 0 Å². The van der Waals surface area contributed by atoms with E-state index in [0.717, 1.165) is 12.8 Å². The summed E-state index contributed by atoms with van der Waals surface area (Å²) in [5.74, 6) is 0.374. The van der Waals surface area contributed by atoms with Crippen molar-refractivity contribution in [1.29, 1.82) is 0 Å². The molecule has 0 spiro atoms. The fourth-order valence-corrected chi connectivity index (χ4v) is 3.92. The van der Waals surface area contributed by atoms with E-state index in [4.69, 9.17) is 9.47 Å². The largest absolute Gasteiger partial charge is 0.497 e. The van der Waals surface area contributed by atoms with Crippen molar-refractivity contribution in [2.45, 2.75) is 25.3 Å². The molecular weight excluding hydrogens is 413 g/mol. The first-order valence-corrected chi connectivity index (χ1v) is 10.5. The van der Waals surface area contributed by atoms with Crippen molar-refractivity contribution in [3.05, 3.63) is 59.4 Å². The van der Waals surface area contributed by atoms with Gasteiger partial charge in [-0.25, -0.2) is 9.40 Å². The van der Waals surface area contributed by atoms with Gasteiger partial charge < -0.3 is 14.4 Å². The van der Waals surface area contributed by atoms with Gasteiger partial charge in [0.1, 0.15) is 23.9 Å². The Morgan fingerprint density at radius 3 is 2.56 bits per heavy atom. The van der Waals surface area contributed by atoms with E-state index in [1.54, 1.807) is 51.6 Å². The molecule has 1 fully saturated rings. The van der Waals surface area contributed by atoms with Crippen LogP contribution in [0.3, 0.4) is 0 Å². The topological polar surface area (TPSA) is 71.4 Å². The molecule has 0 N–H and O–H groups in total. The highest BCUT2D eigenvalue weighted by molar-refractivity contribution is 6.05. The van der Waals surface area contributed by atoms with Gasteiger partial charge in [0.05, 0.1) is 26.0 Å². The molecule has 1 saturated carbocycles. The van der Waals surface area contributed by atoms with E-state index < -0.39 is 11.9 Å².